The van der Waals surface area contributed by atoms with Crippen molar-refractivity contribution >= 4 is 0 Å². The van der Waals surface area contributed by atoms with Crippen LogP contribution in [0.1, 0.15) is 17.2 Å². The zero-order chi connectivity index (χ0) is 11.7. The van der Waals surface area contributed by atoms with Gasteiger partial charge in [-0.1, -0.05) is 0 Å². The van der Waals surface area contributed by atoms with E-state index in [1.807, 2.05) is 6.07 Å². The first-order valence-corrected chi connectivity index (χ1v) is 6.37. The molecule has 0 radical (unpaired) electrons. The topological polar surface area (TPSA) is 30.3 Å². The summed E-state index contributed by atoms with van der Waals surface area (Å²) < 4.78 is 18.8. The Bertz CT molecular complexity index is 404. The maximum Gasteiger partial charge on any atom is 0.163 e. The summed E-state index contributed by atoms with van der Waals surface area (Å²) in [6.07, 6.45) is 0. The number of nitrogens with two attached hydrogens (primary N) is 1. The fourth-order valence-corrected chi connectivity index (χ4v) is 2.98. The van der Waals surface area contributed by atoms with Crippen LogP contribution in [0.2, 0.25) is 0 Å². The minimum Gasteiger partial charge on any atom is -0.370 e. The van der Waals surface area contributed by atoms with E-state index in [1.54, 1.807) is 17.0 Å². The van der Waals surface area contributed by atoms with Gasteiger partial charge in [0.1, 0.15) is 32.0 Å². The summed E-state index contributed by atoms with van der Waals surface area (Å²) >= 11 is 0. The average molecular weight is 238 g/mol. The molecule has 3 nitrogen and oxygen atoms in total. The Hall–Kier alpha value is -0.970. The number of halogens is 1. The number of rotatable bonds is 1. The maximum absolute atomic E-state index is 13.4. The predicted molar refractivity (Wildman–Crippen MR) is 61.2 cm³/mol. The van der Waals surface area contributed by atoms with Crippen LogP contribution in [0.15, 0.2) is 18.2 Å². The summed E-state index contributed by atoms with van der Waals surface area (Å²) in [7, 11) is 0. The standard InChI is InChI=1S/C13H17FN2O/c14-11-2-1-10-8-15-9-13(12(10)7-11)16-3-5-17-6-4-16/h1-2,7,13,15H,3-6,8-9H2/p+2/t13-/m1/s1. The fourth-order valence-electron chi connectivity index (χ4n) is 2.98. The first kappa shape index (κ1) is 11.1. The van der Waals surface area contributed by atoms with Crippen LogP contribution in [0, 0.1) is 5.82 Å². The van der Waals surface area contributed by atoms with E-state index in [2.05, 4.69) is 5.32 Å². The zero-order valence-corrected chi connectivity index (χ0v) is 9.92. The Morgan fingerprint density at radius 2 is 2.12 bits per heavy atom. The molecule has 0 saturated carbocycles. The van der Waals surface area contributed by atoms with E-state index in [0.29, 0.717) is 6.04 Å². The van der Waals surface area contributed by atoms with Crippen molar-refractivity contribution in [3.63, 3.8) is 0 Å². The van der Waals surface area contributed by atoms with Gasteiger partial charge in [0.2, 0.25) is 0 Å². The van der Waals surface area contributed by atoms with Crippen LogP contribution in [0.4, 0.5) is 4.39 Å². The summed E-state index contributed by atoms with van der Waals surface area (Å²) in [5.74, 6) is -0.108. The van der Waals surface area contributed by atoms with Crippen LogP contribution in [0.3, 0.4) is 0 Å². The molecule has 1 aromatic rings. The molecule has 3 rings (SSSR count). The molecule has 3 N–H and O–H groups in total. The van der Waals surface area contributed by atoms with Gasteiger partial charge in [-0.15, -0.1) is 0 Å². The van der Waals surface area contributed by atoms with Gasteiger partial charge in [0.05, 0.1) is 13.2 Å². The molecule has 0 bridgehead atoms. The molecular weight excluding hydrogens is 219 g/mol. The molecule has 2 heterocycles. The molecule has 2 aliphatic rings. The lowest BCUT2D eigenvalue weighted by molar-refractivity contribution is -0.954. The van der Waals surface area contributed by atoms with E-state index >= 15 is 0 Å². The normalized spacial score (nSPS) is 25.6. The van der Waals surface area contributed by atoms with E-state index in [1.165, 1.54) is 11.1 Å². The van der Waals surface area contributed by atoms with Gasteiger partial charge in [-0.2, -0.15) is 0 Å². The van der Waals surface area contributed by atoms with Gasteiger partial charge in [-0.05, 0) is 18.2 Å². The number of quaternary nitrogens is 2. The number of hydrogen-bond donors (Lipinski definition) is 2. The highest BCUT2D eigenvalue weighted by atomic mass is 19.1. The van der Waals surface area contributed by atoms with Crippen molar-refractivity contribution in [2.75, 3.05) is 32.8 Å². The van der Waals surface area contributed by atoms with E-state index in [9.17, 15) is 4.39 Å². The molecule has 92 valence electrons. The molecule has 0 unspecified atom stereocenters. The van der Waals surface area contributed by atoms with Crippen LogP contribution >= 0.6 is 0 Å². The number of morpholine rings is 1. The summed E-state index contributed by atoms with van der Waals surface area (Å²) in [6.45, 7) is 5.78. The summed E-state index contributed by atoms with van der Waals surface area (Å²) in [4.78, 5) is 1.54. The quantitative estimate of drug-likeness (QED) is 0.636. The molecule has 1 saturated heterocycles. The Labute approximate surface area is 101 Å². The summed E-state index contributed by atoms with van der Waals surface area (Å²) in [5.41, 5.74) is 2.51. The highest BCUT2D eigenvalue weighted by Crippen LogP contribution is 2.18. The molecule has 0 aliphatic carbocycles. The molecule has 1 fully saturated rings. The molecule has 0 spiro atoms. The minimum absolute atomic E-state index is 0.108. The van der Waals surface area contributed by atoms with Crippen LogP contribution in [-0.4, -0.2) is 32.8 Å². The maximum atomic E-state index is 13.4. The van der Waals surface area contributed by atoms with Crippen molar-refractivity contribution in [3.8, 4) is 0 Å². The van der Waals surface area contributed by atoms with Crippen molar-refractivity contribution in [2.24, 2.45) is 0 Å². The summed E-state index contributed by atoms with van der Waals surface area (Å²) in [6, 6.07) is 5.67. The Morgan fingerprint density at radius 3 is 2.94 bits per heavy atom. The van der Waals surface area contributed by atoms with E-state index in [-0.39, 0.29) is 5.82 Å². The van der Waals surface area contributed by atoms with Crippen LogP contribution < -0.4 is 10.2 Å². The third-order valence-corrected chi connectivity index (χ3v) is 3.88. The van der Waals surface area contributed by atoms with E-state index < -0.39 is 0 Å². The Balaban J connectivity index is 1.89. The SMILES string of the molecule is Fc1ccc2c(c1)[C@H]([NH+]1CCOCC1)C[NH2+]C2. The average Bonchev–Trinajstić information content (AvgIpc) is 2.39. The first-order valence-electron chi connectivity index (χ1n) is 6.37. The molecule has 17 heavy (non-hydrogen) atoms. The van der Waals surface area contributed by atoms with Crippen LogP contribution in [0.5, 0.6) is 0 Å². The zero-order valence-electron chi connectivity index (χ0n) is 9.92. The van der Waals surface area contributed by atoms with Gasteiger partial charge in [0, 0.05) is 11.1 Å². The summed E-state index contributed by atoms with van der Waals surface area (Å²) in [5, 5.41) is 2.33. The Morgan fingerprint density at radius 1 is 1.29 bits per heavy atom. The molecule has 2 aliphatic heterocycles. The number of ether oxygens (including phenoxy) is 1. The van der Waals surface area contributed by atoms with Gasteiger partial charge in [-0.3, -0.25) is 0 Å². The lowest BCUT2D eigenvalue weighted by atomic mass is 9.95. The van der Waals surface area contributed by atoms with Gasteiger partial charge in [-0.25, -0.2) is 4.39 Å². The lowest BCUT2D eigenvalue weighted by Gasteiger charge is -2.33. The smallest absolute Gasteiger partial charge is 0.163 e. The van der Waals surface area contributed by atoms with Gasteiger partial charge >= 0.3 is 0 Å². The lowest BCUT2D eigenvalue weighted by Crippen LogP contribution is -3.17. The molecule has 0 aromatic heterocycles. The number of nitrogens with one attached hydrogen (secondary N) is 1. The second kappa shape index (κ2) is 4.72. The molecular formula is C13H19FN2O+2. The third kappa shape index (κ3) is 2.20. The highest BCUT2D eigenvalue weighted by Gasteiger charge is 2.32. The second-order valence-electron chi connectivity index (χ2n) is 4.89. The number of fused-ring (bicyclic) bond motifs is 1. The van der Waals surface area contributed by atoms with Crippen LogP contribution in [0.25, 0.3) is 0 Å². The monoisotopic (exact) mass is 238 g/mol. The van der Waals surface area contributed by atoms with Crippen molar-refractivity contribution < 1.29 is 19.3 Å². The fraction of sp³-hybridized carbons (Fsp3) is 0.538. The van der Waals surface area contributed by atoms with Crippen molar-refractivity contribution in [2.45, 2.75) is 12.6 Å². The number of benzene rings is 1. The van der Waals surface area contributed by atoms with Crippen molar-refractivity contribution in [3.05, 3.63) is 35.1 Å². The van der Waals surface area contributed by atoms with Crippen molar-refractivity contribution in [1.82, 2.24) is 0 Å². The largest absolute Gasteiger partial charge is 0.370 e. The predicted octanol–water partition coefficient (Wildman–Crippen LogP) is -1.14. The highest BCUT2D eigenvalue weighted by molar-refractivity contribution is 5.30. The first-order chi connectivity index (χ1) is 8.34. The molecule has 1 atom stereocenters. The second-order valence-corrected chi connectivity index (χ2v) is 4.89. The van der Waals surface area contributed by atoms with Crippen LogP contribution in [-0.2, 0) is 11.3 Å². The van der Waals surface area contributed by atoms with E-state index in [4.69, 9.17) is 4.74 Å². The minimum atomic E-state index is -0.108. The van der Waals surface area contributed by atoms with Crippen molar-refractivity contribution in [1.29, 1.82) is 0 Å². The van der Waals surface area contributed by atoms with Gasteiger partial charge in [0.25, 0.3) is 0 Å². The van der Waals surface area contributed by atoms with Gasteiger partial charge in [0.15, 0.2) is 6.04 Å². The molecule has 0 amide bonds. The van der Waals surface area contributed by atoms with Gasteiger partial charge < -0.3 is 15.0 Å². The number of hydrogen-bond acceptors (Lipinski definition) is 1. The Kier molecular flexibility index (Phi) is 3.09. The molecule has 4 heteroatoms. The third-order valence-electron chi connectivity index (χ3n) is 3.88. The van der Waals surface area contributed by atoms with E-state index in [0.717, 1.165) is 39.4 Å². The molecule has 1 aromatic carbocycles.